The van der Waals surface area contributed by atoms with Gasteiger partial charge in [-0.25, -0.2) is 4.98 Å². The molecule has 126 valence electrons. The second kappa shape index (κ2) is 6.34. The fourth-order valence-corrected chi connectivity index (χ4v) is 3.54. The second-order valence-electron chi connectivity index (χ2n) is 5.45. The summed E-state index contributed by atoms with van der Waals surface area (Å²) in [6.45, 7) is 2.02. The minimum atomic E-state index is -0.273. The van der Waals surface area contributed by atoms with Gasteiger partial charge >= 0.3 is 0 Å². The van der Waals surface area contributed by atoms with Crippen molar-refractivity contribution in [2.24, 2.45) is 0 Å². The highest BCUT2D eigenvalue weighted by Gasteiger charge is 2.23. The molecular formula is C17H13ClN4O2S. The van der Waals surface area contributed by atoms with Gasteiger partial charge in [0, 0.05) is 23.3 Å². The van der Waals surface area contributed by atoms with Crippen LogP contribution < -0.4 is 5.32 Å². The molecule has 0 atom stereocenters. The number of nitrogens with zero attached hydrogens (tertiary/aromatic N) is 3. The lowest BCUT2D eigenvalue weighted by atomic mass is 10.1. The Morgan fingerprint density at radius 3 is 3.04 bits per heavy atom. The van der Waals surface area contributed by atoms with Crippen molar-refractivity contribution in [2.75, 3.05) is 0 Å². The SMILES string of the molecule is Cc1onc(-c2ccccc2Cl)c1C(=O)NCc1cn2ccsc2n1. The number of amides is 1. The molecule has 25 heavy (non-hydrogen) atoms. The summed E-state index contributed by atoms with van der Waals surface area (Å²) in [5.41, 5.74) is 2.27. The number of carbonyl (C=O) groups is 1. The van der Waals surface area contributed by atoms with Crippen molar-refractivity contribution in [2.45, 2.75) is 13.5 Å². The highest BCUT2D eigenvalue weighted by atomic mass is 35.5. The number of carbonyl (C=O) groups excluding carboxylic acids is 1. The third kappa shape index (κ3) is 2.92. The fourth-order valence-electron chi connectivity index (χ4n) is 2.60. The summed E-state index contributed by atoms with van der Waals surface area (Å²) in [4.78, 5) is 18.0. The van der Waals surface area contributed by atoms with E-state index in [-0.39, 0.29) is 5.91 Å². The Morgan fingerprint density at radius 2 is 2.24 bits per heavy atom. The van der Waals surface area contributed by atoms with Gasteiger partial charge in [-0.2, -0.15) is 0 Å². The van der Waals surface area contributed by atoms with Crippen molar-refractivity contribution in [3.05, 3.63) is 64.1 Å². The lowest BCUT2D eigenvalue weighted by Gasteiger charge is -2.05. The first-order valence-electron chi connectivity index (χ1n) is 7.54. The van der Waals surface area contributed by atoms with E-state index in [1.165, 1.54) is 0 Å². The van der Waals surface area contributed by atoms with Gasteiger partial charge in [0.15, 0.2) is 4.96 Å². The predicted octanol–water partition coefficient (Wildman–Crippen LogP) is 3.94. The number of aryl methyl sites for hydroxylation is 1. The first kappa shape index (κ1) is 15.9. The molecule has 0 bridgehead atoms. The van der Waals surface area contributed by atoms with E-state index in [1.807, 2.05) is 34.3 Å². The number of hydrogen-bond donors (Lipinski definition) is 1. The van der Waals surface area contributed by atoms with Crippen LogP contribution in [0.2, 0.25) is 5.02 Å². The molecule has 3 heterocycles. The molecule has 3 aromatic heterocycles. The molecule has 0 radical (unpaired) electrons. The minimum absolute atomic E-state index is 0.273. The van der Waals surface area contributed by atoms with Crippen molar-refractivity contribution in [1.82, 2.24) is 19.9 Å². The highest BCUT2D eigenvalue weighted by Crippen LogP contribution is 2.30. The quantitative estimate of drug-likeness (QED) is 0.588. The van der Waals surface area contributed by atoms with Crippen molar-refractivity contribution in [3.63, 3.8) is 0 Å². The normalized spacial score (nSPS) is 11.1. The van der Waals surface area contributed by atoms with Crippen molar-refractivity contribution in [3.8, 4) is 11.3 Å². The van der Waals surface area contributed by atoms with Gasteiger partial charge < -0.3 is 9.84 Å². The molecule has 0 aliphatic rings. The van der Waals surface area contributed by atoms with E-state index in [0.717, 1.165) is 10.7 Å². The Kier molecular flexibility index (Phi) is 4.03. The highest BCUT2D eigenvalue weighted by molar-refractivity contribution is 7.15. The van der Waals surface area contributed by atoms with E-state index in [2.05, 4.69) is 15.5 Å². The van der Waals surface area contributed by atoms with Crippen LogP contribution in [0.1, 0.15) is 21.8 Å². The largest absolute Gasteiger partial charge is 0.360 e. The maximum absolute atomic E-state index is 12.7. The molecule has 1 aromatic carbocycles. The molecule has 0 saturated heterocycles. The predicted molar refractivity (Wildman–Crippen MR) is 95.9 cm³/mol. The van der Waals surface area contributed by atoms with Gasteiger partial charge in [0.2, 0.25) is 0 Å². The van der Waals surface area contributed by atoms with Gasteiger partial charge in [0.05, 0.1) is 17.3 Å². The van der Waals surface area contributed by atoms with E-state index in [0.29, 0.717) is 34.1 Å². The van der Waals surface area contributed by atoms with Crippen LogP contribution in [-0.4, -0.2) is 20.4 Å². The van der Waals surface area contributed by atoms with Gasteiger partial charge in [-0.1, -0.05) is 35.0 Å². The van der Waals surface area contributed by atoms with Crippen LogP contribution in [0.4, 0.5) is 0 Å². The number of hydrogen-bond acceptors (Lipinski definition) is 5. The standard InChI is InChI=1S/C17H13ClN4O2S/c1-10-14(15(21-24-10)12-4-2-3-5-13(12)18)16(23)19-8-11-9-22-6-7-25-17(22)20-11/h2-7,9H,8H2,1H3,(H,19,23). The Labute approximate surface area is 152 Å². The van der Waals surface area contributed by atoms with E-state index >= 15 is 0 Å². The number of imidazole rings is 1. The molecule has 6 nitrogen and oxygen atoms in total. The summed E-state index contributed by atoms with van der Waals surface area (Å²) in [5.74, 6) is 0.170. The molecule has 1 N–H and O–H groups in total. The number of nitrogens with one attached hydrogen (secondary N) is 1. The molecule has 0 saturated carbocycles. The van der Waals surface area contributed by atoms with E-state index < -0.39 is 0 Å². The van der Waals surface area contributed by atoms with E-state index in [4.69, 9.17) is 16.1 Å². The van der Waals surface area contributed by atoms with Crippen LogP contribution in [0.15, 0.2) is 46.6 Å². The van der Waals surface area contributed by atoms with Gasteiger partial charge in [-0.15, -0.1) is 11.3 Å². The van der Waals surface area contributed by atoms with E-state index in [9.17, 15) is 4.79 Å². The first-order valence-corrected chi connectivity index (χ1v) is 8.79. The summed E-state index contributed by atoms with van der Waals surface area (Å²) in [6.07, 6.45) is 3.82. The molecular weight excluding hydrogens is 360 g/mol. The smallest absolute Gasteiger partial charge is 0.257 e. The lowest BCUT2D eigenvalue weighted by molar-refractivity contribution is 0.0949. The molecule has 0 aliphatic heterocycles. The summed E-state index contributed by atoms with van der Waals surface area (Å²) in [7, 11) is 0. The summed E-state index contributed by atoms with van der Waals surface area (Å²) in [6, 6.07) is 7.22. The third-order valence-corrected chi connectivity index (χ3v) is 4.89. The maximum Gasteiger partial charge on any atom is 0.257 e. The maximum atomic E-state index is 12.7. The zero-order valence-corrected chi connectivity index (χ0v) is 14.8. The van der Waals surface area contributed by atoms with Crippen LogP contribution in [-0.2, 0) is 6.54 Å². The van der Waals surface area contributed by atoms with Gasteiger partial charge in [0.1, 0.15) is 17.0 Å². The number of benzene rings is 1. The monoisotopic (exact) mass is 372 g/mol. The van der Waals surface area contributed by atoms with Crippen molar-refractivity contribution >= 4 is 33.8 Å². The fraction of sp³-hybridized carbons (Fsp3) is 0.118. The first-order chi connectivity index (χ1) is 12.1. The Bertz CT molecular complexity index is 1040. The van der Waals surface area contributed by atoms with Gasteiger partial charge in [-0.3, -0.25) is 9.20 Å². The van der Waals surface area contributed by atoms with Gasteiger partial charge in [-0.05, 0) is 13.0 Å². The van der Waals surface area contributed by atoms with Crippen LogP contribution >= 0.6 is 22.9 Å². The van der Waals surface area contributed by atoms with Crippen LogP contribution in [0, 0.1) is 6.92 Å². The van der Waals surface area contributed by atoms with Crippen LogP contribution in [0.5, 0.6) is 0 Å². The molecule has 0 aliphatic carbocycles. The Morgan fingerprint density at radius 1 is 1.40 bits per heavy atom. The van der Waals surface area contributed by atoms with Gasteiger partial charge in [0.25, 0.3) is 5.91 Å². The Balaban J connectivity index is 1.59. The number of thiazole rings is 1. The van der Waals surface area contributed by atoms with Crippen LogP contribution in [0.25, 0.3) is 16.2 Å². The summed E-state index contributed by atoms with van der Waals surface area (Å²) >= 11 is 7.77. The number of fused-ring (bicyclic) bond motifs is 1. The summed E-state index contributed by atoms with van der Waals surface area (Å²) < 4.78 is 7.15. The average molecular weight is 373 g/mol. The lowest BCUT2D eigenvalue weighted by Crippen LogP contribution is -2.23. The molecule has 4 rings (SSSR count). The molecule has 8 heteroatoms. The number of rotatable bonds is 4. The van der Waals surface area contributed by atoms with Crippen molar-refractivity contribution in [1.29, 1.82) is 0 Å². The van der Waals surface area contributed by atoms with E-state index in [1.54, 1.807) is 30.4 Å². The van der Waals surface area contributed by atoms with Crippen LogP contribution in [0.3, 0.4) is 0 Å². The average Bonchev–Trinajstić information content (AvgIpc) is 3.27. The molecule has 0 unspecified atom stereocenters. The third-order valence-electron chi connectivity index (χ3n) is 3.79. The zero-order chi connectivity index (χ0) is 17.4. The van der Waals surface area contributed by atoms with Crippen molar-refractivity contribution < 1.29 is 9.32 Å². The number of aromatic nitrogens is 3. The zero-order valence-electron chi connectivity index (χ0n) is 13.2. The molecule has 0 spiro atoms. The molecule has 4 aromatic rings. The molecule has 1 amide bonds. The molecule has 0 fully saturated rings. The number of halogens is 1. The minimum Gasteiger partial charge on any atom is -0.360 e. The second-order valence-corrected chi connectivity index (χ2v) is 6.73. The summed E-state index contributed by atoms with van der Waals surface area (Å²) in [5, 5.41) is 9.35. The Hall–Kier alpha value is -2.64. The topological polar surface area (TPSA) is 72.4 Å².